The first-order valence-corrected chi connectivity index (χ1v) is 7.07. The Morgan fingerprint density at radius 3 is 2.95 bits per heavy atom. The molecule has 4 nitrogen and oxygen atoms in total. The van der Waals surface area contributed by atoms with E-state index >= 15 is 0 Å². The first-order chi connectivity index (χ1) is 9.15. The number of hydrogen-bond acceptors (Lipinski definition) is 3. The van der Waals surface area contributed by atoms with Crippen LogP contribution in [0.1, 0.15) is 36.4 Å². The van der Waals surface area contributed by atoms with Crippen LogP contribution in [0.3, 0.4) is 0 Å². The van der Waals surface area contributed by atoms with Gasteiger partial charge in [0.2, 0.25) is 5.91 Å². The highest BCUT2D eigenvalue weighted by molar-refractivity contribution is 5.77. The van der Waals surface area contributed by atoms with Crippen molar-refractivity contribution in [3.8, 4) is 0 Å². The lowest BCUT2D eigenvalue weighted by Crippen LogP contribution is -2.42. The van der Waals surface area contributed by atoms with E-state index in [9.17, 15) is 4.79 Å². The number of piperidine rings is 1. The fraction of sp³-hybridized carbons (Fsp3) is 0.533. The van der Waals surface area contributed by atoms with Crippen molar-refractivity contribution in [1.29, 1.82) is 0 Å². The van der Waals surface area contributed by atoms with E-state index in [1.54, 1.807) is 0 Å². The summed E-state index contributed by atoms with van der Waals surface area (Å²) >= 11 is 0. The normalized spacial score (nSPS) is 27.2. The Balaban J connectivity index is 1.79. The van der Waals surface area contributed by atoms with Gasteiger partial charge >= 0.3 is 0 Å². The van der Waals surface area contributed by atoms with E-state index in [0.29, 0.717) is 6.04 Å². The number of primary amides is 1. The predicted octanol–water partition coefficient (Wildman–Crippen LogP) is 1.45. The minimum Gasteiger partial charge on any atom is -0.399 e. The fourth-order valence-electron chi connectivity index (χ4n) is 3.52. The van der Waals surface area contributed by atoms with Crippen LogP contribution < -0.4 is 11.5 Å². The zero-order valence-corrected chi connectivity index (χ0v) is 11.1. The zero-order chi connectivity index (χ0) is 13.4. The molecule has 1 saturated heterocycles. The van der Waals surface area contributed by atoms with Crippen molar-refractivity contribution in [2.24, 2.45) is 11.7 Å². The maximum Gasteiger partial charge on any atom is 0.221 e. The number of nitrogen functional groups attached to an aromatic ring is 1. The van der Waals surface area contributed by atoms with E-state index in [2.05, 4.69) is 17.0 Å². The molecule has 0 radical (unpaired) electrons. The highest BCUT2D eigenvalue weighted by Crippen LogP contribution is 2.38. The molecule has 1 aromatic carbocycles. The first kappa shape index (κ1) is 12.5. The molecule has 19 heavy (non-hydrogen) atoms. The first-order valence-electron chi connectivity index (χ1n) is 7.07. The number of amides is 1. The number of anilines is 1. The highest BCUT2D eigenvalue weighted by Gasteiger charge is 2.32. The van der Waals surface area contributed by atoms with Crippen LogP contribution >= 0.6 is 0 Å². The van der Waals surface area contributed by atoms with Crippen molar-refractivity contribution in [3.63, 3.8) is 0 Å². The predicted molar refractivity (Wildman–Crippen MR) is 75.4 cm³/mol. The number of nitrogens with two attached hydrogens (primary N) is 2. The molecule has 0 saturated carbocycles. The van der Waals surface area contributed by atoms with Crippen LogP contribution in [0.2, 0.25) is 0 Å². The van der Waals surface area contributed by atoms with Gasteiger partial charge in [0.15, 0.2) is 0 Å². The van der Waals surface area contributed by atoms with E-state index in [4.69, 9.17) is 11.5 Å². The van der Waals surface area contributed by atoms with Crippen molar-refractivity contribution in [3.05, 3.63) is 29.3 Å². The molecule has 2 unspecified atom stereocenters. The van der Waals surface area contributed by atoms with Gasteiger partial charge in [-0.05, 0) is 55.5 Å². The zero-order valence-electron chi connectivity index (χ0n) is 11.1. The third kappa shape index (κ3) is 2.32. The third-order valence-electron chi connectivity index (χ3n) is 4.51. The van der Waals surface area contributed by atoms with Gasteiger partial charge in [-0.25, -0.2) is 0 Å². The number of benzene rings is 1. The summed E-state index contributed by atoms with van der Waals surface area (Å²) in [4.78, 5) is 13.8. The van der Waals surface area contributed by atoms with Gasteiger partial charge in [0.1, 0.15) is 0 Å². The Kier molecular flexibility index (Phi) is 3.19. The Bertz CT molecular complexity index is 500. The molecule has 0 aromatic heterocycles. The van der Waals surface area contributed by atoms with Crippen LogP contribution in [0.25, 0.3) is 0 Å². The minimum atomic E-state index is -0.153. The van der Waals surface area contributed by atoms with Gasteiger partial charge in [-0.15, -0.1) is 0 Å². The van der Waals surface area contributed by atoms with E-state index in [1.807, 2.05) is 6.07 Å². The fourth-order valence-corrected chi connectivity index (χ4v) is 3.52. The standard InChI is InChI=1S/C15H21N3O/c16-12-4-5-13-10(8-12)3-6-14(13)18-7-1-2-11(9-18)15(17)19/h4-5,8,11,14H,1-3,6-7,9,16H2,(H2,17,19). The van der Waals surface area contributed by atoms with Crippen LogP contribution in [0.4, 0.5) is 5.69 Å². The van der Waals surface area contributed by atoms with Crippen molar-refractivity contribution in [2.75, 3.05) is 18.8 Å². The number of aryl methyl sites for hydroxylation is 1. The van der Waals surface area contributed by atoms with E-state index in [-0.39, 0.29) is 11.8 Å². The highest BCUT2D eigenvalue weighted by atomic mass is 16.1. The second-order valence-electron chi connectivity index (χ2n) is 5.75. The van der Waals surface area contributed by atoms with Gasteiger partial charge in [0.05, 0.1) is 5.92 Å². The molecule has 1 heterocycles. The molecule has 102 valence electrons. The average Bonchev–Trinajstić information content (AvgIpc) is 2.81. The number of hydrogen-bond donors (Lipinski definition) is 2. The van der Waals surface area contributed by atoms with Crippen molar-refractivity contribution < 1.29 is 4.79 Å². The SMILES string of the molecule is NC(=O)C1CCCN(C2CCc3cc(N)ccc32)C1. The molecule has 1 aliphatic heterocycles. The number of rotatable bonds is 2. The maximum atomic E-state index is 11.4. The van der Waals surface area contributed by atoms with Crippen LogP contribution in [0.15, 0.2) is 18.2 Å². The lowest BCUT2D eigenvalue weighted by molar-refractivity contribution is -0.123. The van der Waals surface area contributed by atoms with Gasteiger partial charge < -0.3 is 11.5 Å². The summed E-state index contributed by atoms with van der Waals surface area (Å²) < 4.78 is 0. The summed E-state index contributed by atoms with van der Waals surface area (Å²) in [5, 5.41) is 0. The van der Waals surface area contributed by atoms with Gasteiger partial charge in [0, 0.05) is 18.3 Å². The van der Waals surface area contributed by atoms with Gasteiger partial charge in [-0.2, -0.15) is 0 Å². The molecule has 4 N–H and O–H groups in total. The van der Waals surface area contributed by atoms with E-state index < -0.39 is 0 Å². The lowest BCUT2D eigenvalue weighted by Gasteiger charge is -2.36. The molecule has 0 bridgehead atoms. The summed E-state index contributed by atoms with van der Waals surface area (Å²) in [6, 6.07) is 6.66. The quantitative estimate of drug-likeness (QED) is 0.790. The Hall–Kier alpha value is -1.55. The molecule has 1 aromatic rings. The molecule has 2 atom stereocenters. The summed E-state index contributed by atoms with van der Waals surface area (Å²) in [7, 11) is 0. The lowest BCUT2D eigenvalue weighted by atomic mass is 9.95. The number of nitrogens with zero attached hydrogens (tertiary/aromatic N) is 1. The van der Waals surface area contributed by atoms with Crippen molar-refractivity contribution >= 4 is 11.6 Å². The third-order valence-corrected chi connectivity index (χ3v) is 4.51. The number of carbonyl (C=O) groups excluding carboxylic acids is 1. The Morgan fingerprint density at radius 1 is 1.32 bits per heavy atom. The molecule has 1 aliphatic carbocycles. The van der Waals surface area contributed by atoms with Crippen LogP contribution in [0.5, 0.6) is 0 Å². The molecular formula is C15H21N3O. The molecule has 1 fully saturated rings. The summed E-state index contributed by atoms with van der Waals surface area (Å²) in [6.07, 6.45) is 4.22. The molecule has 1 amide bonds. The van der Waals surface area contributed by atoms with Gasteiger partial charge in [0.25, 0.3) is 0 Å². The average molecular weight is 259 g/mol. The number of fused-ring (bicyclic) bond motifs is 1. The van der Waals surface area contributed by atoms with Crippen LogP contribution in [-0.4, -0.2) is 23.9 Å². The van der Waals surface area contributed by atoms with Crippen LogP contribution in [0, 0.1) is 5.92 Å². The molecule has 3 rings (SSSR count). The maximum absolute atomic E-state index is 11.4. The summed E-state index contributed by atoms with van der Waals surface area (Å²) in [5.41, 5.74) is 14.9. The van der Waals surface area contributed by atoms with Crippen molar-refractivity contribution in [1.82, 2.24) is 4.90 Å². The van der Waals surface area contributed by atoms with Crippen molar-refractivity contribution in [2.45, 2.75) is 31.7 Å². The smallest absolute Gasteiger partial charge is 0.221 e. The summed E-state index contributed by atoms with van der Waals surface area (Å²) in [6.45, 7) is 1.88. The molecule has 0 spiro atoms. The monoisotopic (exact) mass is 259 g/mol. The second-order valence-corrected chi connectivity index (χ2v) is 5.75. The molecular weight excluding hydrogens is 238 g/mol. The molecule has 4 heteroatoms. The Labute approximate surface area is 113 Å². The number of carbonyl (C=O) groups is 1. The topological polar surface area (TPSA) is 72.4 Å². The van der Waals surface area contributed by atoms with E-state index in [0.717, 1.165) is 44.5 Å². The van der Waals surface area contributed by atoms with Gasteiger partial charge in [-0.1, -0.05) is 6.07 Å². The molecule has 2 aliphatic rings. The van der Waals surface area contributed by atoms with Gasteiger partial charge in [-0.3, -0.25) is 9.69 Å². The second kappa shape index (κ2) is 4.85. The van der Waals surface area contributed by atoms with E-state index in [1.165, 1.54) is 11.1 Å². The minimum absolute atomic E-state index is 0.0200. The number of likely N-dealkylation sites (tertiary alicyclic amines) is 1. The largest absolute Gasteiger partial charge is 0.399 e. The van der Waals surface area contributed by atoms with Crippen LogP contribution in [-0.2, 0) is 11.2 Å². The Morgan fingerprint density at radius 2 is 2.16 bits per heavy atom. The summed E-state index contributed by atoms with van der Waals surface area (Å²) in [5.74, 6) is -0.133.